The maximum Gasteiger partial charge on any atom is 0.243 e. The first-order chi connectivity index (χ1) is 11.1. The van der Waals surface area contributed by atoms with Gasteiger partial charge in [0.15, 0.2) is 0 Å². The summed E-state index contributed by atoms with van der Waals surface area (Å²) < 4.78 is 26.5. The monoisotopic (exact) mass is 333 g/mol. The van der Waals surface area contributed by atoms with Gasteiger partial charge in [0.05, 0.1) is 29.7 Å². The number of thioether (sulfide) groups is 1. The van der Waals surface area contributed by atoms with Gasteiger partial charge in [0.1, 0.15) is 11.6 Å². The van der Waals surface area contributed by atoms with Crippen molar-refractivity contribution in [2.75, 3.05) is 22.9 Å². The van der Waals surface area contributed by atoms with E-state index >= 15 is 0 Å². The second-order valence-corrected chi connectivity index (χ2v) is 5.49. The Kier molecular flexibility index (Phi) is 5.94. The van der Waals surface area contributed by atoms with Crippen LogP contribution in [0.25, 0.3) is 0 Å². The number of hydrogen-bond donors (Lipinski definition) is 2. The molecule has 7 heteroatoms. The predicted octanol–water partition coefficient (Wildman–Crippen LogP) is 3.63. The highest BCUT2D eigenvalue weighted by molar-refractivity contribution is 7.99. The van der Waals surface area contributed by atoms with Crippen LogP contribution in [0.4, 0.5) is 20.2 Å². The normalized spacial score (nSPS) is 9.96. The summed E-state index contributed by atoms with van der Waals surface area (Å²) in [5.74, 6) is -1.37. The molecule has 118 valence electrons. The minimum atomic E-state index is -0.635. The van der Waals surface area contributed by atoms with E-state index in [2.05, 4.69) is 10.6 Å². The molecule has 0 atom stereocenters. The van der Waals surface area contributed by atoms with Gasteiger partial charge in [-0.15, -0.1) is 11.8 Å². The molecule has 2 N–H and O–H groups in total. The lowest BCUT2D eigenvalue weighted by atomic mass is 10.3. The number of anilines is 2. The lowest BCUT2D eigenvalue weighted by molar-refractivity contribution is -0.114. The zero-order valence-electron chi connectivity index (χ0n) is 12.0. The summed E-state index contributed by atoms with van der Waals surface area (Å²) in [6, 6.07) is 12.0. The number of rotatable bonds is 6. The van der Waals surface area contributed by atoms with Crippen molar-refractivity contribution in [3.05, 3.63) is 54.1 Å². The Morgan fingerprint density at radius 1 is 1.17 bits per heavy atom. The SMILES string of the molecule is N#CCSc1ccccc1NC(=O)CNc1cc(F)ccc1F. The quantitative estimate of drug-likeness (QED) is 0.792. The molecule has 23 heavy (non-hydrogen) atoms. The number of amides is 1. The molecule has 0 aliphatic carbocycles. The minimum absolute atomic E-state index is 0.0766. The van der Waals surface area contributed by atoms with E-state index < -0.39 is 17.5 Å². The Hall–Kier alpha value is -2.59. The average molecular weight is 333 g/mol. The maximum absolute atomic E-state index is 13.5. The van der Waals surface area contributed by atoms with Crippen LogP contribution < -0.4 is 10.6 Å². The largest absolute Gasteiger partial charge is 0.374 e. The van der Waals surface area contributed by atoms with Crippen molar-refractivity contribution >= 4 is 29.0 Å². The third-order valence-electron chi connectivity index (χ3n) is 2.82. The van der Waals surface area contributed by atoms with Crippen molar-refractivity contribution in [2.45, 2.75) is 4.90 Å². The first kappa shape index (κ1) is 16.8. The summed E-state index contributed by atoms with van der Waals surface area (Å²) in [4.78, 5) is 12.7. The van der Waals surface area contributed by atoms with E-state index in [9.17, 15) is 13.6 Å². The van der Waals surface area contributed by atoms with Gasteiger partial charge in [-0.2, -0.15) is 5.26 Å². The predicted molar refractivity (Wildman–Crippen MR) is 86.3 cm³/mol. The number of carbonyl (C=O) groups is 1. The zero-order valence-corrected chi connectivity index (χ0v) is 12.8. The van der Waals surface area contributed by atoms with Crippen molar-refractivity contribution in [3.63, 3.8) is 0 Å². The Morgan fingerprint density at radius 3 is 2.74 bits per heavy atom. The number of para-hydroxylation sites is 1. The fourth-order valence-corrected chi connectivity index (χ4v) is 2.48. The van der Waals surface area contributed by atoms with Gasteiger partial charge < -0.3 is 10.6 Å². The van der Waals surface area contributed by atoms with E-state index in [4.69, 9.17) is 5.26 Å². The van der Waals surface area contributed by atoms with E-state index in [1.807, 2.05) is 6.07 Å². The van der Waals surface area contributed by atoms with Crippen molar-refractivity contribution in [2.24, 2.45) is 0 Å². The number of halogens is 2. The van der Waals surface area contributed by atoms with E-state index in [-0.39, 0.29) is 18.0 Å². The molecule has 0 heterocycles. The summed E-state index contributed by atoms with van der Waals surface area (Å²) in [5, 5.41) is 13.9. The first-order valence-corrected chi connectivity index (χ1v) is 7.66. The summed E-state index contributed by atoms with van der Waals surface area (Å²) in [6.45, 7) is -0.211. The van der Waals surface area contributed by atoms with Crippen LogP contribution in [0.1, 0.15) is 0 Å². The average Bonchev–Trinajstić information content (AvgIpc) is 2.55. The number of nitrogens with zero attached hydrogens (tertiary/aromatic N) is 1. The molecule has 0 aromatic heterocycles. The first-order valence-electron chi connectivity index (χ1n) is 6.67. The topological polar surface area (TPSA) is 64.9 Å². The van der Waals surface area contributed by atoms with E-state index in [1.54, 1.807) is 24.3 Å². The van der Waals surface area contributed by atoms with Crippen LogP contribution in [0, 0.1) is 23.0 Å². The van der Waals surface area contributed by atoms with Gasteiger partial charge in [-0.1, -0.05) is 12.1 Å². The molecule has 2 rings (SSSR count). The number of nitriles is 1. The van der Waals surface area contributed by atoms with Crippen LogP contribution in [0.3, 0.4) is 0 Å². The molecular formula is C16H13F2N3OS. The highest BCUT2D eigenvalue weighted by Crippen LogP contribution is 2.26. The molecule has 0 unspecified atom stereocenters. The van der Waals surface area contributed by atoms with Crippen molar-refractivity contribution in [1.29, 1.82) is 5.26 Å². The molecule has 0 spiro atoms. The summed E-state index contributed by atoms with van der Waals surface area (Å²) in [5.41, 5.74) is 0.492. The van der Waals surface area contributed by atoms with Gasteiger partial charge in [-0.25, -0.2) is 8.78 Å². The van der Waals surface area contributed by atoms with Gasteiger partial charge in [-0.05, 0) is 30.3 Å². The Labute approximate surface area is 136 Å². The van der Waals surface area contributed by atoms with Crippen molar-refractivity contribution < 1.29 is 13.6 Å². The molecule has 0 saturated heterocycles. The van der Waals surface area contributed by atoms with E-state index in [1.165, 1.54) is 11.8 Å². The molecule has 0 aliphatic heterocycles. The summed E-state index contributed by atoms with van der Waals surface area (Å²) in [6.07, 6.45) is 0. The van der Waals surface area contributed by atoms with Gasteiger partial charge in [-0.3, -0.25) is 4.79 Å². The Bertz CT molecular complexity index is 746. The smallest absolute Gasteiger partial charge is 0.243 e. The Balaban J connectivity index is 1.97. The zero-order chi connectivity index (χ0) is 16.7. The van der Waals surface area contributed by atoms with Gasteiger partial charge in [0.25, 0.3) is 0 Å². The van der Waals surface area contributed by atoms with Crippen LogP contribution in [0.2, 0.25) is 0 Å². The molecule has 1 amide bonds. The molecule has 0 radical (unpaired) electrons. The van der Waals surface area contributed by atoms with Gasteiger partial charge in [0.2, 0.25) is 5.91 Å². The number of nitrogens with one attached hydrogen (secondary N) is 2. The molecule has 0 bridgehead atoms. The third kappa shape index (κ3) is 4.97. The molecule has 2 aromatic rings. The lowest BCUT2D eigenvalue weighted by Crippen LogP contribution is -2.22. The van der Waals surface area contributed by atoms with Gasteiger partial charge in [0, 0.05) is 4.90 Å². The molecule has 4 nitrogen and oxygen atoms in total. The summed E-state index contributed by atoms with van der Waals surface area (Å²) in [7, 11) is 0. The fraction of sp³-hybridized carbons (Fsp3) is 0.125. The van der Waals surface area contributed by atoms with Crippen molar-refractivity contribution in [1.82, 2.24) is 0 Å². The number of carbonyl (C=O) groups excluding carboxylic acids is 1. The standard InChI is InChI=1S/C16H13F2N3OS/c17-11-5-6-12(18)14(9-11)20-10-16(22)21-13-3-1-2-4-15(13)23-8-7-19/h1-6,9,20H,8,10H2,(H,21,22). The maximum atomic E-state index is 13.5. The molecule has 2 aromatic carbocycles. The number of hydrogen-bond acceptors (Lipinski definition) is 4. The highest BCUT2D eigenvalue weighted by Gasteiger charge is 2.09. The van der Waals surface area contributed by atoms with Crippen LogP contribution in [0.5, 0.6) is 0 Å². The van der Waals surface area contributed by atoms with Gasteiger partial charge >= 0.3 is 0 Å². The van der Waals surface area contributed by atoms with Crippen LogP contribution >= 0.6 is 11.8 Å². The fourth-order valence-electron chi connectivity index (χ4n) is 1.81. The highest BCUT2D eigenvalue weighted by atomic mass is 32.2. The summed E-state index contributed by atoms with van der Waals surface area (Å²) >= 11 is 1.30. The van der Waals surface area contributed by atoms with E-state index in [0.717, 1.165) is 23.1 Å². The molecule has 0 fully saturated rings. The molecular weight excluding hydrogens is 320 g/mol. The molecule has 0 aliphatic rings. The second-order valence-electron chi connectivity index (χ2n) is 4.47. The minimum Gasteiger partial charge on any atom is -0.374 e. The van der Waals surface area contributed by atoms with Crippen molar-refractivity contribution in [3.8, 4) is 6.07 Å². The van der Waals surface area contributed by atoms with Crippen LogP contribution in [-0.4, -0.2) is 18.2 Å². The van der Waals surface area contributed by atoms with E-state index in [0.29, 0.717) is 5.69 Å². The second kappa shape index (κ2) is 8.15. The third-order valence-corrected chi connectivity index (χ3v) is 3.76. The molecule has 0 saturated carbocycles. The lowest BCUT2D eigenvalue weighted by Gasteiger charge is -2.11. The van der Waals surface area contributed by atoms with Crippen LogP contribution in [0.15, 0.2) is 47.4 Å². The van der Waals surface area contributed by atoms with Crippen LogP contribution in [-0.2, 0) is 4.79 Å². The Morgan fingerprint density at radius 2 is 1.96 bits per heavy atom. The number of benzene rings is 2.